The highest BCUT2D eigenvalue weighted by atomic mass is 32.1. The van der Waals surface area contributed by atoms with Gasteiger partial charge in [0.15, 0.2) is 16.6 Å². The van der Waals surface area contributed by atoms with E-state index in [0.717, 1.165) is 32.9 Å². The number of aromatic nitrogens is 1. The number of nitrogens with zero attached hydrogens (tertiary/aromatic N) is 2. The summed E-state index contributed by atoms with van der Waals surface area (Å²) in [6.45, 7) is 4.11. The summed E-state index contributed by atoms with van der Waals surface area (Å²) in [5.74, 6) is 1.14. The Kier molecular flexibility index (Phi) is 6.43. The van der Waals surface area contributed by atoms with E-state index >= 15 is 0 Å². The molecule has 0 spiro atoms. The lowest BCUT2D eigenvalue weighted by molar-refractivity contribution is -0.115. The number of nitrogens with one attached hydrogen (secondary N) is 1. The number of anilines is 2. The SMILES string of the molecule is Cc1ccccc1C(=O)N(C)c1ccc(-c2nc(NC(=O)Cc3ccc4c(c3)OCO4)sc2C)cc1. The molecule has 3 aromatic carbocycles. The van der Waals surface area contributed by atoms with Gasteiger partial charge in [-0.2, -0.15) is 0 Å². The fourth-order valence-corrected chi connectivity index (χ4v) is 4.92. The molecule has 1 aromatic heterocycles. The number of thiazole rings is 1. The van der Waals surface area contributed by atoms with Gasteiger partial charge in [-0.05, 0) is 55.3 Å². The van der Waals surface area contributed by atoms with Crippen LogP contribution in [0.5, 0.6) is 11.5 Å². The topological polar surface area (TPSA) is 80.8 Å². The second-order valence-electron chi connectivity index (χ2n) is 8.56. The molecule has 0 bridgehead atoms. The Balaban J connectivity index is 1.26. The third-order valence-corrected chi connectivity index (χ3v) is 6.94. The Morgan fingerprint density at radius 3 is 2.53 bits per heavy atom. The molecule has 0 aliphatic carbocycles. The lowest BCUT2D eigenvalue weighted by Crippen LogP contribution is -2.26. The molecule has 36 heavy (non-hydrogen) atoms. The molecule has 182 valence electrons. The van der Waals surface area contributed by atoms with E-state index in [9.17, 15) is 9.59 Å². The van der Waals surface area contributed by atoms with Crippen LogP contribution in [0, 0.1) is 13.8 Å². The molecule has 1 aliphatic rings. The van der Waals surface area contributed by atoms with Crippen molar-refractivity contribution in [3.63, 3.8) is 0 Å². The third-order valence-electron chi connectivity index (χ3n) is 6.05. The van der Waals surface area contributed by atoms with Crippen molar-refractivity contribution in [2.75, 3.05) is 24.1 Å². The van der Waals surface area contributed by atoms with Crippen molar-refractivity contribution in [2.45, 2.75) is 20.3 Å². The molecule has 0 radical (unpaired) electrons. The largest absolute Gasteiger partial charge is 0.454 e. The number of amides is 2. The predicted molar refractivity (Wildman–Crippen MR) is 141 cm³/mol. The molecule has 5 rings (SSSR count). The fourth-order valence-electron chi connectivity index (χ4n) is 4.07. The number of carbonyl (C=O) groups excluding carboxylic acids is 2. The lowest BCUT2D eigenvalue weighted by atomic mass is 10.1. The van der Waals surface area contributed by atoms with Gasteiger partial charge in [-0.25, -0.2) is 4.98 Å². The highest BCUT2D eigenvalue weighted by Crippen LogP contribution is 2.34. The molecular weight excluding hydrogens is 474 g/mol. The van der Waals surface area contributed by atoms with Crippen molar-refractivity contribution in [1.29, 1.82) is 0 Å². The van der Waals surface area contributed by atoms with Gasteiger partial charge in [-0.15, -0.1) is 11.3 Å². The van der Waals surface area contributed by atoms with E-state index in [2.05, 4.69) is 10.3 Å². The zero-order chi connectivity index (χ0) is 25.2. The number of fused-ring (bicyclic) bond motifs is 1. The van der Waals surface area contributed by atoms with Crippen LogP contribution in [0.1, 0.15) is 26.4 Å². The molecule has 2 amide bonds. The first-order chi connectivity index (χ1) is 17.4. The molecular formula is C28H25N3O4S. The summed E-state index contributed by atoms with van der Waals surface area (Å²) in [5, 5.41) is 3.45. The summed E-state index contributed by atoms with van der Waals surface area (Å²) in [4.78, 5) is 32.8. The number of ether oxygens (including phenoxy) is 2. The molecule has 1 N–H and O–H groups in total. The van der Waals surface area contributed by atoms with Crippen molar-refractivity contribution in [3.05, 3.63) is 88.3 Å². The van der Waals surface area contributed by atoms with Gasteiger partial charge < -0.3 is 19.7 Å². The van der Waals surface area contributed by atoms with Gasteiger partial charge in [-0.3, -0.25) is 9.59 Å². The first kappa shape index (κ1) is 23.6. The van der Waals surface area contributed by atoms with E-state index in [0.29, 0.717) is 22.2 Å². The third kappa shape index (κ3) is 4.81. The highest BCUT2D eigenvalue weighted by molar-refractivity contribution is 7.16. The van der Waals surface area contributed by atoms with Gasteiger partial charge in [0.25, 0.3) is 5.91 Å². The minimum atomic E-state index is -0.152. The molecule has 0 fully saturated rings. The Bertz CT molecular complexity index is 1450. The van der Waals surface area contributed by atoms with Crippen molar-refractivity contribution in [1.82, 2.24) is 4.98 Å². The average Bonchev–Trinajstić information content (AvgIpc) is 3.49. The van der Waals surface area contributed by atoms with Crippen LogP contribution in [0.2, 0.25) is 0 Å². The molecule has 0 saturated carbocycles. The minimum Gasteiger partial charge on any atom is -0.454 e. The van der Waals surface area contributed by atoms with E-state index in [1.807, 2.05) is 80.6 Å². The Morgan fingerprint density at radius 2 is 1.75 bits per heavy atom. The second kappa shape index (κ2) is 9.83. The molecule has 8 heteroatoms. The van der Waals surface area contributed by atoms with Gasteiger partial charge >= 0.3 is 0 Å². The van der Waals surface area contributed by atoms with E-state index in [-0.39, 0.29) is 25.0 Å². The number of aryl methyl sites for hydroxylation is 2. The van der Waals surface area contributed by atoms with Crippen molar-refractivity contribution < 1.29 is 19.1 Å². The Labute approximate surface area is 213 Å². The maximum Gasteiger partial charge on any atom is 0.258 e. The summed E-state index contributed by atoms with van der Waals surface area (Å²) >= 11 is 1.43. The van der Waals surface area contributed by atoms with Crippen LogP contribution in [-0.4, -0.2) is 30.6 Å². The van der Waals surface area contributed by atoms with Crippen LogP contribution in [0.15, 0.2) is 66.7 Å². The standard InChI is InChI=1S/C28H25N3O4S/c1-17-6-4-5-7-22(17)27(33)31(3)21-11-9-20(10-12-21)26-18(2)36-28(30-26)29-25(32)15-19-8-13-23-24(14-19)35-16-34-23/h4-14H,15-16H2,1-3H3,(H,29,30,32). The highest BCUT2D eigenvalue weighted by Gasteiger charge is 2.18. The molecule has 0 atom stereocenters. The van der Waals surface area contributed by atoms with Crippen LogP contribution < -0.4 is 19.7 Å². The summed E-state index contributed by atoms with van der Waals surface area (Å²) in [6, 6.07) is 20.7. The molecule has 2 heterocycles. The van der Waals surface area contributed by atoms with Gasteiger partial charge in [0, 0.05) is 28.7 Å². The number of hydrogen-bond donors (Lipinski definition) is 1. The van der Waals surface area contributed by atoms with Crippen molar-refractivity contribution >= 4 is 34.0 Å². The predicted octanol–water partition coefficient (Wildman–Crippen LogP) is 5.61. The van der Waals surface area contributed by atoms with Crippen molar-refractivity contribution in [2.24, 2.45) is 0 Å². The molecule has 0 saturated heterocycles. The number of hydrogen-bond acceptors (Lipinski definition) is 6. The van der Waals surface area contributed by atoms with Gasteiger partial charge in [0.2, 0.25) is 12.7 Å². The summed E-state index contributed by atoms with van der Waals surface area (Å²) < 4.78 is 10.7. The lowest BCUT2D eigenvalue weighted by Gasteiger charge is -2.18. The normalized spacial score (nSPS) is 11.9. The van der Waals surface area contributed by atoms with Crippen LogP contribution in [0.25, 0.3) is 11.3 Å². The Morgan fingerprint density at radius 1 is 1.00 bits per heavy atom. The van der Waals surface area contributed by atoms with Crippen molar-refractivity contribution in [3.8, 4) is 22.8 Å². The van der Waals surface area contributed by atoms with Gasteiger partial charge in [-0.1, -0.05) is 36.4 Å². The molecule has 1 aliphatic heterocycles. The molecule has 7 nitrogen and oxygen atoms in total. The number of benzene rings is 3. The Hall–Kier alpha value is -4.17. The van der Waals surface area contributed by atoms with E-state index in [1.54, 1.807) is 11.9 Å². The van der Waals surface area contributed by atoms with Crippen LogP contribution in [-0.2, 0) is 11.2 Å². The van der Waals surface area contributed by atoms with Crippen LogP contribution in [0.4, 0.5) is 10.8 Å². The second-order valence-corrected chi connectivity index (χ2v) is 9.77. The molecule has 0 unspecified atom stereocenters. The van der Waals surface area contributed by atoms with Gasteiger partial charge in [0.1, 0.15) is 0 Å². The average molecular weight is 500 g/mol. The van der Waals surface area contributed by atoms with E-state index in [1.165, 1.54) is 11.3 Å². The number of carbonyl (C=O) groups is 2. The first-order valence-corrected chi connectivity index (χ1v) is 12.3. The van der Waals surface area contributed by atoms with E-state index in [4.69, 9.17) is 9.47 Å². The summed E-state index contributed by atoms with van der Waals surface area (Å²) in [5.41, 5.74) is 4.97. The number of rotatable bonds is 6. The first-order valence-electron chi connectivity index (χ1n) is 11.5. The minimum absolute atomic E-state index is 0.0573. The molecule has 4 aromatic rings. The zero-order valence-electron chi connectivity index (χ0n) is 20.2. The van der Waals surface area contributed by atoms with Crippen LogP contribution >= 0.6 is 11.3 Å². The zero-order valence-corrected chi connectivity index (χ0v) is 21.0. The summed E-state index contributed by atoms with van der Waals surface area (Å²) in [7, 11) is 1.77. The summed E-state index contributed by atoms with van der Waals surface area (Å²) in [6.07, 6.45) is 0.209. The maximum absolute atomic E-state index is 12.9. The van der Waals surface area contributed by atoms with Gasteiger partial charge in [0.05, 0.1) is 12.1 Å². The maximum atomic E-state index is 12.9. The quantitative estimate of drug-likeness (QED) is 0.373. The smallest absolute Gasteiger partial charge is 0.258 e. The van der Waals surface area contributed by atoms with E-state index < -0.39 is 0 Å². The fraction of sp³-hybridized carbons (Fsp3) is 0.179. The van der Waals surface area contributed by atoms with Crippen LogP contribution in [0.3, 0.4) is 0 Å². The monoisotopic (exact) mass is 499 g/mol.